The fraction of sp³-hybridized carbons (Fsp3) is 0.644. The van der Waals surface area contributed by atoms with Crippen LogP contribution in [0, 0.1) is 5.82 Å². The van der Waals surface area contributed by atoms with Crippen molar-refractivity contribution in [1.29, 1.82) is 0 Å². The maximum atomic E-state index is 15.9. The molecule has 2 aromatic heterocycles. The lowest BCUT2D eigenvalue weighted by Gasteiger charge is -2.44. The number of fused-ring (bicyclic) bond motifs is 5. The molecule has 14 nitrogen and oxygen atoms in total. The Hall–Kier alpha value is -4.47. The van der Waals surface area contributed by atoms with Crippen molar-refractivity contribution in [2.24, 2.45) is 7.05 Å². The number of nitrogens with zero attached hydrogens (tertiary/aromatic N) is 7. The van der Waals surface area contributed by atoms with Crippen LogP contribution in [0.1, 0.15) is 97.8 Å². The summed E-state index contributed by atoms with van der Waals surface area (Å²) in [6.07, 6.45) is 11.2. The number of hydrogen-bond acceptors (Lipinski definition) is 12. The van der Waals surface area contributed by atoms with Gasteiger partial charge in [-0.2, -0.15) is 15.0 Å². The van der Waals surface area contributed by atoms with Crippen LogP contribution in [0.4, 0.5) is 15.0 Å². The minimum atomic E-state index is -0.948. The smallest absolute Gasteiger partial charge is 0.410 e. The topological polar surface area (TPSA) is 126 Å². The summed E-state index contributed by atoms with van der Waals surface area (Å²) in [5, 5.41) is 0.935. The Morgan fingerprint density at radius 1 is 0.933 bits per heavy atom. The molecular formula is C45H58FN7O7. The van der Waals surface area contributed by atoms with Crippen molar-refractivity contribution in [2.45, 2.75) is 133 Å². The van der Waals surface area contributed by atoms with Crippen molar-refractivity contribution >= 4 is 33.8 Å². The van der Waals surface area contributed by atoms with Crippen LogP contribution in [0.25, 0.3) is 21.9 Å². The summed E-state index contributed by atoms with van der Waals surface area (Å²) < 4.78 is 56.2. The fourth-order valence-electron chi connectivity index (χ4n) is 10.8. The highest BCUT2D eigenvalue weighted by Gasteiger charge is 2.48. The Labute approximate surface area is 350 Å². The number of aromatic nitrogens is 4. The number of benzene rings is 2. The lowest BCUT2D eigenvalue weighted by Crippen LogP contribution is -2.57. The first kappa shape index (κ1) is 39.7. The molecule has 6 aliphatic heterocycles. The first-order valence-corrected chi connectivity index (χ1v) is 22.2. The van der Waals surface area contributed by atoms with E-state index < -0.39 is 17.2 Å². The molecule has 8 heterocycles. The molecule has 322 valence electrons. The van der Waals surface area contributed by atoms with Crippen molar-refractivity contribution in [3.8, 4) is 23.5 Å². The van der Waals surface area contributed by atoms with E-state index in [1.807, 2.05) is 44.9 Å². The zero-order valence-corrected chi connectivity index (χ0v) is 35.4. The quantitative estimate of drug-likeness (QED) is 0.163. The molecule has 4 aromatic rings. The Kier molecular flexibility index (Phi) is 10.2. The zero-order valence-electron chi connectivity index (χ0n) is 35.4. The van der Waals surface area contributed by atoms with Crippen LogP contribution in [-0.4, -0.2) is 117 Å². The van der Waals surface area contributed by atoms with E-state index in [0.29, 0.717) is 72.8 Å². The van der Waals surface area contributed by atoms with Gasteiger partial charge in [-0.05, 0) is 122 Å². The minimum absolute atomic E-state index is 0.0000667. The molecule has 10 rings (SSSR count). The number of halogens is 1. The predicted octanol–water partition coefficient (Wildman–Crippen LogP) is 7.89. The number of carbonyl (C=O) groups is 1. The number of aryl methyl sites for hydroxylation is 1. The van der Waals surface area contributed by atoms with E-state index in [0.717, 1.165) is 83.7 Å². The number of ether oxygens (including phenoxy) is 6. The maximum Gasteiger partial charge on any atom is 0.410 e. The number of imidazole rings is 1. The second kappa shape index (κ2) is 15.5. The van der Waals surface area contributed by atoms with E-state index in [-0.39, 0.29) is 47.6 Å². The first-order valence-electron chi connectivity index (χ1n) is 22.2. The molecule has 15 heteroatoms. The Morgan fingerprint density at radius 2 is 1.72 bits per heavy atom. The van der Waals surface area contributed by atoms with Crippen molar-refractivity contribution in [3.63, 3.8) is 0 Å². The van der Waals surface area contributed by atoms with Gasteiger partial charge in [0.25, 0.3) is 0 Å². The molecule has 4 unspecified atom stereocenters. The lowest BCUT2D eigenvalue weighted by molar-refractivity contribution is -0.273. The molecule has 6 fully saturated rings. The Balaban J connectivity index is 1.01. The van der Waals surface area contributed by atoms with Crippen LogP contribution in [0.5, 0.6) is 23.5 Å². The van der Waals surface area contributed by atoms with Gasteiger partial charge in [-0.1, -0.05) is 12.1 Å². The van der Waals surface area contributed by atoms with E-state index in [1.165, 1.54) is 6.07 Å². The third kappa shape index (κ3) is 7.27. The highest BCUT2D eigenvalue weighted by Crippen LogP contribution is 2.44. The summed E-state index contributed by atoms with van der Waals surface area (Å²) in [4.78, 5) is 35.2. The van der Waals surface area contributed by atoms with Gasteiger partial charge in [0.2, 0.25) is 5.79 Å². The first-order chi connectivity index (χ1) is 29.0. The maximum absolute atomic E-state index is 15.9. The number of anilines is 1. The molecule has 0 aliphatic carbocycles. The Morgan fingerprint density at radius 3 is 2.43 bits per heavy atom. The minimum Gasteiger partial charge on any atom is -0.461 e. The summed E-state index contributed by atoms with van der Waals surface area (Å²) in [7, 11) is 1.84. The lowest BCUT2D eigenvalue weighted by atomic mass is 9.94. The number of amides is 1. The van der Waals surface area contributed by atoms with Gasteiger partial charge < -0.3 is 33.3 Å². The molecule has 0 spiro atoms. The van der Waals surface area contributed by atoms with Gasteiger partial charge >= 0.3 is 18.1 Å². The molecule has 6 aliphatic rings. The zero-order chi connectivity index (χ0) is 41.2. The normalized spacial score (nSPS) is 26.8. The second-order valence-electron chi connectivity index (χ2n) is 18.8. The third-order valence-electron chi connectivity index (χ3n) is 13.6. The fourth-order valence-corrected chi connectivity index (χ4v) is 10.8. The van der Waals surface area contributed by atoms with E-state index in [4.69, 9.17) is 43.4 Å². The second-order valence-corrected chi connectivity index (χ2v) is 18.8. The van der Waals surface area contributed by atoms with Crippen molar-refractivity contribution in [1.82, 2.24) is 29.3 Å². The van der Waals surface area contributed by atoms with Crippen molar-refractivity contribution in [2.75, 3.05) is 50.9 Å². The molecule has 60 heavy (non-hydrogen) atoms. The van der Waals surface area contributed by atoms with Crippen molar-refractivity contribution in [3.05, 3.63) is 36.1 Å². The van der Waals surface area contributed by atoms with Crippen LogP contribution in [0.3, 0.4) is 0 Å². The summed E-state index contributed by atoms with van der Waals surface area (Å²) >= 11 is 0. The third-order valence-corrected chi connectivity index (χ3v) is 13.6. The molecule has 2 aromatic carbocycles. The van der Waals surface area contributed by atoms with Gasteiger partial charge in [0, 0.05) is 39.2 Å². The summed E-state index contributed by atoms with van der Waals surface area (Å²) in [5.74, 6) is 0.000967. The van der Waals surface area contributed by atoms with Crippen LogP contribution >= 0.6 is 0 Å². The van der Waals surface area contributed by atoms with Gasteiger partial charge in [0.05, 0.1) is 29.6 Å². The SMILES string of the molecule is Cn1c(Oc2cc(OC3(C4CCCCO4)CCCCO3)cc3cccc(F)c23)nc2c(N3CC4CCC(C3)N4C(=O)OC(C)(C)C)nc(OCC34CCCN3CCC4)nc21. The van der Waals surface area contributed by atoms with Crippen LogP contribution in [0.15, 0.2) is 30.3 Å². The van der Waals surface area contributed by atoms with Gasteiger partial charge in [-0.25, -0.2) is 9.18 Å². The number of piperazine rings is 1. The highest BCUT2D eigenvalue weighted by molar-refractivity contribution is 5.91. The van der Waals surface area contributed by atoms with Gasteiger partial charge in [-0.15, -0.1) is 0 Å². The number of rotatable bonds is 9. The van der Waals surface area contributed by atoms with Crippen molar-refractivity contribution < 1.29 is 37.6 Å². The van der Waals surface area contributed by atoms with E-state index >= 15 is 4.39 Å². The van der Waals surface area contributed by atoms with E-state index in [2.05, 4.69) is 9.80 Å². The Bertz CT molecular complexity index is 2230. The molecule has 1 amide bonds. The van der Waals surface area contributed by atoms with Gasteiger partial charge in [0.1, 0.15) is 35.6 Å². The monoisotopic (exact) mass is 827 g/mol. The molecular weight excluding hydrogens is 770 g/mol. The van der Waals surface area contributed by atoms with Crippen LogP contribution in [-0.2, 0) is 21.3 Å². The molecule has 0 N–H and O–H groups in total. The molecule has 2 bridgehead atoms. The summed E-state index contributed by atoms with van der Waals surface area (Å²) in [6, 6.07) is 8.93. The summed E-state index contributed by atoms with van der Waals surface area (Å²) in [6.45, 7) is 10.7. The number of carbonyl (C=O) groups excluding carboxylic acids is 1. The molecule has 0 saturated carbocycles. The van der Waals surface area contributed by atoms with Crippen LogP contribution < -0.4 is 19.1 Å². The van der Waals surface area contributed by atoms with Crippen LogP contribution in [0.2, 0.25) is 0 Å². The van der Waals surface area contributed by atoms with Gasteiger partial charge in [-0.3, -0.25) is 14.4 Å². The van der Waals surface area contributed by atoms with Gasteiger partial charge in [0.15, 0.2) is 17.0 Å². The number of hydrogen-bond donors (Lipinski definition) is 0. The standard InChI is InChI=1S/C45H58FN7O7/c1-43(2,3)60-42(54)53-30-15-16-31(53)27-51(26-30)39-37-38(48-40(49-39)56-28-44-17-10-20-52(44)21-11-18-44)50(4)41(47-37)58-34-25-32(24-29-12-9-13-33(46)36(29)34)59-45(19-6-8-23-57-45)35-14-5-7-22-55-35/h9,12-13,24-25,30-31,35H,5-8,10-11,14-23,26-28H2,1-4H3. The van der Waals surface area contributed by atoms with E-state index in [9.17, 15) is 4.79 Å². The largest absolute Gasteiger partial charge is 0.461 e. The molecule has 4 atom stereocenters. The predicted molar refractivity (Wildman–Crippen MR) is 222 cm³/mol. The molecule has 0 radical (unpaired) electrons. The summed E-state index contributed by atoms with van der Waals surface area (Å²) in [5.41, 5.74) is 0.471. The molecule has 6 saturated heterocycles. The average molecular weight is 828 g/mol. The van der Waals surface area contributed by atoms with E-state index in [1.54, 1.807) is 16.7 Å². The average Bonchev–Trinajstić information content (AvgIpc) is 3.97. The highest BCUT2D eigenvalue weighted by atomic mass is 19.1.